The quantitative estimate of drug-likeness (QED) is 0.731. The van der Waals surface area contributed by atoms with Gasteiger partial charge in [-0.3, -0.25) is 0 Å². The van der Waals surface area contributed by atoms with Crippen LogP contribution in [0.3, 0.4) is 0 Å². The maximum atomic E-state index is 9.76. The highest BCUT2D eigenvalue weighted by Crippen LogP contribution is 2.18. The molecule has 1 atom stereocenters. The fourth-order valence-corrected chi connectivity index (χ4v) is 1.14. The second-order valence-electron chi connectivity index (χ2n) is 2.80. The van der Waals surface area contributed by atoms with E-state index in [1.54, 1.807) is 12.1 Å². The van der Waals surface area contributed by atoms with Crippen molar-refractivity contribution in [3.05, 3.63) is 41.7 Å². The molecular weight excluding hydrogens is 182 g/mol. The summed E-state index contributed by atoms with van der Waals surface area (Å²) in [6.45, 7) is 0. The van der Waals surface area contributed by atoms with Crippen molar-refractivity contribution < 1.29 is 9.63 Å². The number of nitrogens with two attached hydrogens (primary N) is 1. The van der Waals surface area contributed by atoms with Crippen molar-refractivity contribution in [1.29, 1.82) is 0 Å². The Hall–Kier alpha value is -1.88. The van der Waals surface area contributed by atoms with Crippen LogP contribution in [0.1, 0.15) is 17.5 Å². The van der Waals surface area contributed by atoms with Gasteiger partial charge in [0.25, 0.3) is 0 Å². The van der Waals surface area contributed by atoms with Gasteiger partial charge >= 0.3 is 6.01 Å². The number of aliphatic hydroxyl groups excluding tert-OH is 1. The Kier molecular flexibility index (Phi) is 2.16. The number of hydrogen-bond donors (Lipinski definition) is 2. The van der Waals surface area contributed by atoms with E-state index in [0.29, 0.717) is 5.56 Å². The largest absolute Gasteiger partial charge is 0.380 e. The maximum absolute atomic E-state index is 9.76. The third-order valence-electron chi connectivity index (χ3n) is 1.82. The number of aromatic nitrogens is 2. The Balaban J connectivity index is 2.29. The number of nitrogen functional groups attached to an aromatic ring is 1. The smallest absolute Gasteiger partial charge is 0.318 e. The average molecular weight is 191 g/mol. The summed E-state index contributed by atoms with van der Waals surface area (Å²) in [7, 11) is 0. The average Bonchev–Trinajstić information content (AvgIpc) is 2.65. The van der Waals surface area contributed by atoms with E-state index in [1.165, 1.54) is 0 Å². The van der Waals surface area contributed by atoms with E-state index in [9.17, 15) is 5.11 Å². The van der Waals surface area contributed by atoms with Gasteiger partial charge in [-0.2, -0.15) is 4.98 Å². The molecule has 72 valence electrons. The van der Waals surface area contributed by atoms with Crippen LogP contribution in [-0.4, -0.2) is 15.2 Å². The molecule has 0 bridgehead atoms. The first kappa shape index (κ1) is 8.71. The molecule has 1 aromatic heterocycles. The van der Waals surface area contributed by atoms with Crippen LogP contribution in [-0.2, 0) is 0 Å². The first-order valence-electron chi connectivity index (χ1n) is 4.09. The van der Waals surface area contributed by atoms with Crippen LogP contribution >= 0.6 is 0 Å². The van der Waals surface area contributed by atoms with Crippen molar-refractivity contribution >= 4 is 6.01 Å². The molecule has 0 aliphatic rings. The summed E-state index contributed by atoms with van der Waals surface area (Å²) < 4.78 is 4.56. The highest BCUT2D eigenvalue weighted by Gasteiger charge is 2.15. The lowest BCUT2D eigenvalue weighted by molar-refractivity contribution is 0.204. The predicted octanol–water partition coefficient (Wildman–Crippen LogP) is 0.734. The number of nitrogens with zero attached hydrogens (tertiary/aromatic N) is 2. The van der Waals surface area contributed by atoms with E-state index in [-0.39, 0.29) is 11.8 Å². The maximum Gasteiger partial charge on any atom is 0.318 e. The van der Waals surface area contributed by atoms with Gasteiger partial charge in [0.2, 0.25) is 5.82 Å². The van der Waals surface area contributed by atoms with Crippen molar-refractivity contribution in [2.75, 3.05) is 5.73 Å². The van der Waals surface area contributed by atoms with Crippen molar-refractivity contribution in [3.8, 4) is 0 Å². The molecular formula is C9H9N3O2. The lowest BCUT2D eigenvalue weighted by atomic mass is 10.1. The molecule has 0 aliphatic carbocycles. The minimum Gasteiger partial charge on any atom is -0.380 e. The predicted molar refractivity (Wildman–Crippen MR) is 49.2 cm³/mol. The van der Waals surface area contributed by atoms with Crippen molar-refractivity contribution in [2.24, 2.45) is 0 Å². The fourth-order valence-electron chi connectivity index (χ4n) is 1.14. The Morgan fingerprint density at radius 2 is 2.00 bits per heavy atom. The summed E-state index contributed by atoms with van der Waals surface area (Å²) in [6, 6.07) is 9.01. The molecule has 2 aromatic rings. The zero-order valence-electron chi connectivity index (χ0n) is 7.29. The van der Waals surface area contributed by atoms with Gasteiger partial charge in [0, 0.05) is 0 Å². The summed E-state index contributed by atoms with van der Waals surface area (Å²) in [4.78, 5) is 3.74. The summed E-state index contributed by atoms with van der Waals surface area (Å²) in [6.07, 6.45) is -0.891. The van der Waals surface area contributed by atoms with Crippen molar-refractivity contribution in [3.63, 3.8) is 0 Å². The van der Waals surface area contributed by atoms with Gasteiger partial charge < -0.3 is 15.4 Å². The lowest BCUT2D eigenvalue weighted by Gasteiger charge is -2.04. The monoisotopic (exact) mass is 191 g/mol. The van der Waals surface area contributed by atoms with Gasteiger partial charge in [-0.05, 0) is 5.56 Å². The van der Waals surface area contributed by atoms with E-state index in [0.717, 1.165) is 0 Å². The zero-order valence-corrected chi connectivity index (χ0v) is 7.29. The summed E-state index contributed by atoms with van der Waals surface area (Å²) in [5.41, 5.74) is 5.95. The summed E-state index contributed by atoms with van der Waals surface area (Å²) in [5, 5.41) is 13.3. The molecule has 3 N–H and O–H groups in total. The number of benzene rings is 1. The highest BCUT2D eigenvalue weighted by molar-refractivity contribution is 5.23. The third-order valence-corrected chi connectivity index (χ3v) is 1.82. The standard InChI is InChI=1S/C9H9N3O2/c10-9-11-8(12-14-9)7(13)6-4-2-1-3-5-6/h1-5,7,13H,(H2,10,11,12). The molecule has 0 fully saturated rings. The Labute approximate surface area is 80.2 Å². The van der Waals surface area contributed by atoms with Crippen LogP contribution in [0.2, 0.25) is 0 Å². The van der Waals surface area contributed by atoms with E-state index in [1.807, 2.05) is 18.2 Å². The first-order chi connectivity index (χ1) is 6.77. The minimum atomic E-state index is -0.891. The second kappa shape index (κ2) is 3.47. The van der Waals surface area contributed by atoms with E-state index < -0.39 is 6.10 Å². The lowest BCUT2D eigenvalue weighted by Crippen LogP contribution is -2.01. The number of anilines is 1. The molecule has 0 amide bonds. The Morgan fingerprint density at radius 1 is 1.29 bits per heavy atom. The van der Waals surface area contributed by atoms with Gasteiger partial charge in [-0.25, -0.2) is 0 Å². The van der Waals surface area contributed by atoms with Gasteiger partial charge in [0.05, 0.1) is 0 Å². The summed E-state index contributed by atoms with van der Waals surface area (Å²) in [5.74, 6) is 0.175. The zero-order chi connectivity index (χ0) is 9.97. The molecule has 0 spiro atoms. The van der Waals surface area contributed by atoms with E-state index in [4.69, 9.17) is 5.73 Å². The summed E-state index contributed by atoms with van der Waals surface area (Å²) >= 11 is 0. The molecule has 14 heavy (non-hydrogen) atoms. The SMILES string of the molecule is Nc1nc(C(O)c2ccccc2)no1. The normalized spacial score (nSPS) is 12.6. The molecule has 1 heterocycles. The van der Waals surface area contributed by atoms with Gasteiger partial charge in [0.1, 0.15) is 6.10 Å². The van der Waals surface area contributed by atoms with Crippen LogP contribution in [0, 0.1) is 0 Å². The van der Waals surface area contributed by atoms with Crippen LogP contribution < -0.4 is 5.73 Å². The molecule has 0 radical (unpaired) electrons. The minimum absolute atomic E-state index is 0.0463. The molecule has 2 rings (SSSR count). The van der Waals surface area contributed by atoms with E-state index >= 15 is 0 Å². The number of aliphatic hydroxyl groups is 1. The van der Waals surface area contributed by atoms with Crippen molar-refractivity contribution in [2.45, 2.75) is 6.10 Å². The molecule has 0 aliphatic heterocycles. The van der Waals surface area contributed by atoms with Crippen LogP contribution in [0.4, 0.5) is 6.01 Å². The topological polar surface area (TPSA) is 85.2 Å². The first-order valence-corrected chi connectivity index (χ1v) is 4.09. The van der Waals surface area contributed by atoms with Gasteiger partial charge in [-0.1, -0.05) is 35.5 Å². The number of rotatable bonds is 2. The Morgan fingerprint density at radius 3 is 2.57 bits per heavy atom. The van der Waals surface area contributed by atoms with Crippen LogP contribution in [0.15, 0.2) is 34.9 Å². The molecule has 0 saturated heterocycles. The number of hydrogen-bond acceptors (Lipinski definition) is 5. The third kappa shape index (κ3) is 1.57. The fraction of sp³-hybridized carbons (Fsp3) is 0.111. The van der Waals surface area contributed by atoms with Crippen LogP contribution in [0.25, 0.3) is 0 Å². The van der Waals surface area contributed by atoms with Gasteiger partial charge in [-0.15, -0.1) is 0 Å². The molecule has 1 unspecified atom stereocenters. The molecule has 5 nitrogen and oxygen atoms in total. The highest BCUT2D eigenvalue weighted by atomic mass is 16.5. The van der Waals surface area contributed by atoms with Crippen molar-refractivity contribution in [1.82, 2.24) is 10.1 Å². The molecule has 5 heteroatoms. The Bertz CT molecular complexity index is 413. The molecule has 0 saturated carbocycles. The van der Waals surface area contributed by atoms with Crippen LogP contribution in [0.5, 0.6) is 0 Å². The van der Waals surface area contributed by atoms with Gasteiger partial charge in [0.15, 0.2) is 0 Å². The van der Waals surface area contributed by atoms with E-state index in [2.05, 4.69) is 14.7 Å². The molecule has 1 aromatic carbocycles. The second-order valence-corrected chi connectivity index (χ2v) is 2.80.